The van der Waals surface area contributed by atoms with Crippen LogP contribution in [-0.2, 0) is 19.6 Å². The zero-order valence-electron chi connectivity index (χ0n) is 17.8. The summed E-state index contributed by atoms with van der Waals surface area (Å²) in [6.07, 6.45) is 3.79. The monoisotopic (exact) mass is 482 g/mol. The zero-order chi connectivity index (χ0) is 22.9. The number of carbonyl (C=O) groups is 3. The highest BCUT2D eigenvalue weighted by Crippen LogP contribution is 2.35. The lowest BCUT2D eigenvalue weighted by Crippen LogP contribution is -2.50. The molecule has 1 aromatic rings. The van der Waals surface area contributed by atoms with Crippen LogP contribution < -0.4 is 5.32 Å². The van der Waals surface area contributed by atoms with Crippen LogP contribution in [0.25, 0.3) is 0 Å². The van der Waals surface area contributed by atoms with Crippen LogP contribution in [-0.4, -0.2) is 78.6 Å². The Morgan fingerprint density at radius 3 is 2.44 bits per heavy atom. The van der Waals surface area contributed by atoms with Gasteiger partial charge in [-0.1, -0.05) is 30.5 Å². The number of benzene rings is 1. The summed E-state index contributed by atoms with van der Waals surface area (Å²) < 4.78 is 26.9. The highest BCUT2D eigenvalue weighted by atomic mass is 35.5. The summed E-state index contributed by atoms with van der Waals surface area (Å²) in [5, 5.41) is 3.19. The van der Waals surface area contributed by atoms with Gasteiger partial charge in [-0.25, -0.2) is 13.2 Å². The van der Waals surface area contributed by atoms with E-state index >= 15 is 0 Å². The second kappa shape index (κ2) is 8.99. The van der Waals surface area contributed by atoms with Crippen molar-refractivity contribution in [3.63, 3.8) is 0 Å². The van der Waals surface area contributed by atoms with Crippen molar-refractivity contribution in [2.75, 3.05) is 32.7 Å². The van der Waals surface area contributed by atoms with Crippen LogP contribution in [0.5, 0.6) is 0 Å². The first-order chi connectivity index (χ1) is 15.2. The molecule has 0 bridgehead atoms. The van der Waals surface area contributed by atoms with Crippen LogP contribution >= 0.6 is 11.6 Å². The number of amides is 4. The molecule has 0 aromatic heterocycles. The number of carbonyl (C=O) groups excluding carboxylic acids is 3. The van der Waals surface area contributed by atoms with Gasteiger partial charge in [0.15, 0.2) is 0 Å². The zero-order valence-corrected chi connectivity index (χ0v) is 19.3. The average Bonchev–Trinajstić information content (AvgIpc) is 3.34. The summed E-state index contributed by atoms with van der Waals surface area (Å²) in [5.74, 6) is -0.278. The molecular weight excluding hydrogens is 456 g/mol. The van der Waals surface area contributed by atoms with Gasteiger partial charge >= 0.3 is 6.03 Å². The Hall–Kier alpha value is -2.17. The molecule has 9 nitrogen and oxygen atoms in total. The van der Waals surface area contributed by atoms with Gasteiger partial charge < -0.3 is 10.2 Å². The topological polar surface area (TPSA) is 107 Å². The highest BCUT2D eigenvalue weighted by Gasteiger charge is 2.52. The van der Waals surface area contributed by atoms with E-state index in [9.17, 15) is 22.8 Å². The van der Waals surface area contributed by atoms with Gasteiger partial charge in [-0.15, -0.1) is 0 Å². The van der Waals surface area contributed by atoms with Crippen molar-refractivity contribution in [3.05, 3.63) is 29.3 Å². The molecule has 1 spiro atoms. The fourth-order valence-electron chi connectivity index (χ4n) is 4.70. The van der Waals surface area contributed by atoms with E-state index in [1.807, 2.05) is 0 Å². The highest BCUT2D eigenvalue weighted by molar-refractivity contribution is 7.89. The molecular formula is C21H27ClN4O5S. The molecule has 11 heteroatoms. The summed E-state index contributed by atoms with van der Waals surface area (Å²) in [4.78, 5) is 40.5. The molecule has 4 amide bonds. The lowest BCUT2D eigenvalue weighted by molar-refractivity contribution is -0.134. The minimum absolute atomic E-state index is 0.104. The van der Waals surface area contributed by atoms with Gasteiger partial charge in [0.25, 0.3) is 5.91 Å². The molecule has 1 aromatic carbocycles. The maximum absolute atomic E-state index is 12.8. The molecule has 1 aliphatic carbocycles. The molecule has 0 radical (unpaired) electrons. The SMILES string of the molecule is O=C(CCCN1C(=O)NC2(CCCC2)C1=O)N1CCN(S(=O)(=O)c2cccc(Cl)c2)CC1. The number of piperazine rings is 1. The lowest BCUT2D eigenvalue weighted by atomic mass is 9.98. The number of nitrogens with one attached hydrogen (secondary N) is 1. The van der Waals surface area contributed by atoms with E-state index < -0.39 is 15.6 Å². The Kier molecular flexibility index (Phi) is 6.46. The average molecular weight is 483 g/mol. The fourth-order valence-corrected chi connectivity index (χ4v) is 6.42. The Morgan fingerprint density at radius 2 is 1.78 bits per heavy atom. The van der Waals surface area contributed by atoms with Gasteiger partial charge in [0.05, 0.1) is 4.90 Å². The van der Waals surface area contributed by atoms with Gasteiger partial charge in [-0.05, 0) is 37.5 Å². The molecule has 1 N–H and O–H groups in total. The third-order valence-electron chi connectivity index (χ3n) is 6.50. The van der Waals surface area contributed by atoms with Gasteiger partial charge in [-0.3, -0.25) is 14.5 Å². The third kappa shape index (κ3) is 4.35. The summed E-state index contributed by atoms with van der Waals surface area (Å²) in [6.45, 7) is 1.21. The quantitative estimate of drug-likeness (QED) is 0.622. The molecule has 3 fully saturated rings. The van der Waals surface area contributed by atoms with Crippen LogP contribution in [0.3, 0.4) is 0 Å². The summed E-state index contributed by atoms with van der Waals surface area (Å²) in [7, 11) is -3.66. The first kappa shape index (κ1) is 23.0. The lowest BCUT2D eigenvalue weighted by Gasteiger charge is -2.34. The first-order valence-electron chi connectivity index (χ1n) is 10.9. The first-order valence-corrected chi connectivity index (χ1v) is 12.7. The number of urea groups is 1. The molecule has 0 atom stereocenters. The standard InChI is InChI=1S/C21H27ClN4O5S/c22-16-5-3-6-17(15-16)32(30,31)25-13-11-24(12-14-25)18(27)7-4-10-26-19(28)21(23-20(26)29)8-1-2-9-21/h3,5-6,15H,1-2,4,7-14H2,(H,23,29). The smallest absolute Gasteiger partial charge is 0.325 e. The predicted octanol–water partition coefficient (Wildman–Crippen LogP) is 1.82. The molecule has 32 heavy (non-hydrogen) atoms. The number of nitrogens with zero attached hydrogens (tertiary/aromatic N) is 3. The van der Waals surface area contributed by atoms with Crippen molar-refractivity contribution in [1.82, 2.24) is 19.4 Å². The van der Waals surface area contributed by atoms with E-state index in [1.165, 1.54) is 21.3 Å². The Morgan fingerprint density at radius 1 is 1.09 bits per heavy atom. The summed E-state index contributed by atoms with van der Waals surface area (Å²) in [6, 6.07) is 5.76. The van der Waals surface area contributed by atoms with Gasteiger partial charge in [0.2, 0.25) is 15.9 Å². The minimum Gasteiger partial charge on any atom is -0.340 e. The van der Waals surface area contributed by atoms with Crippen molar-refractivity contribution >= 4 is 39.5 Å². The Balaban J connectivity index is 1.25. The second-order valence-corrected chi connectivity index (χ2v) is 10.9. The number of rotatable bonds is 6. The van der Waals surface area contributed by atoms with Crippen molar-refractivity contribution in [2.45, 2.75) is 49.0 Å². The van der Waals surface area contributed by atoms with Crippen molar-refractivity contribution in [3.8, 4) is 0 Å². The van der Waals surface area contributed by atoms with Gasteiger partial charge in [0, 0.05) is 44.2 Å². The number of hydrogen-bond donors (Lipinski definition) is 1. The number of halogens is 1. The molecule has 3 aliphatic rings. The summed E-state index contributed by atoms with van der Waals surface area (Å²) >= 11 is 5.92. The molecule has 1 saturated carbocycles. The van der Waals surface area contributed by atoms with E-state index in [2.05, 4.69) is 5.32 Å². The van der Waals surface area contributed by atoms with Crippen molar-refractivity contribution < 1.29 is 22.8 Å². The van der Waals surface area contributed by atoms with Crippen LogP contribution in [0.1, 0.15) is 38.5 Å². The Bertz CT molecular complexity index is 1020. The molecule has 174 valence electrons. The predicted molar refractivity (Wildman–Crippen MR) is 117 cm³/mol. The van der Waals surface area contributed by atoms with Crippen molar-refractivity contribution in [1.29, 1.82) is 0 Å². The van der Waals surface area contributed by atoms with E-state index in [1.54, 1.807) is 17.0 Å². The van der Waals surface area contributed by atoms with E-state index in [0.29, 0.717) is 37.4 Å². The molecule has 2 saturated heterocycles. The maximum atomic E-state index is 12.8. The van der Waals surface area contributed by atoms with Gasteiger partial charge in [0.1, 0.15) is 5.54 Å². The van der Waals surface area contributed by atoms with Crippen LogP contribution in [0, 0.1) is 0 Å². The normalized spacial score (nSPS) is 21.4. The third-order valence-corrected chi connectivity index (χ3v) is 8.63. The largest absolute Gasteiger partial charge is 0.340 e. The van der Waals surface area contributed by atoms with E-state index in [-0.39, 0.29) is 48.8 Å². The molecule has 0 unspecified atom stereocenters. The molecule has 4 rings (SSSR count). The van der Waals surface area contributed by atoms with Crippen LogP contribution in [0.2, 0.25) is 5.02 Å². The number of imide groups is 1. The van der Waals surface area contributed by atoms with E-state index in [4.69, 9.17) is 11.6 Å². The minimum atomic E-state index is -3.66. The van der Waals surface area contributed by atoms with Crippen LogP contribution in [0.15, 0.2) is 29.2 Å². The summed E-state index contributed by atoms with van der Waals surface area (Å²) in [5.41, 5.74) is -0.730. The van der Waals surface area contributed by atoms with Gasteiger partial charge in [-0.2, -0.15) is 4.31 Å². The molecule has 2 heterocycles. The van der Waals surface area contributed by atoms with Crippen molar-refractivity contribution in [2.24, 2.45) is 0 Å². The number of hydrogen-bond acceptors (Lipinski definition) is 5. The molecule has 2 aliphatic heterocycles. The maximum Gasteiger partial charge on any atom is 0.325 e. The van der Waals surface area contributed by atoms with E-state index in [0.717, 1.165) is 12.8 Å². The number of sulfonamides is 1. The fraction of sp³-hybridized carbons (Fsp3) is 0.571. The second-order valence-electron chi connectivity index (χ2n) is 8.52. The van der Waals surface area contributed by atoms with Crippen LogP contribution in [0.4, 0.5) is 4.79 Å². The Labute approximate surface area is 192 Å².